The summed E-state index contributed by atoms with van der Waals surface area (Å²) in [7, 11) is 0. The Morgan fingerprint density at radius 2 is 2.14 bits per heavy atom. The zero-order valence-corrected chi connectivity index (χ0v) is 14.1. The third-order valence-corrected chi connectivity index (χ3v) is 4.85. The summed E-state index contributed by atoms with van der Waals surface area (Å²) in [6.07, 6.45) is 7.28. The molecule has 1 fully saturated rings. The van der Waals surface area contributed by atoms with Crippen molar-refractivity contribution in [1.82, 2.24) is 20.1 Å². The van der Waals surface area contributed by atoms with Crippen molar-refractivity contribution in [3.05, 3.63) is 6.33 Å². The lowest BCUT2D eigenvalue weighted by atomic mass is 10.1. The van der Waals surface area contributed by atoms with Crippen LogP contribution in [0.25, 0.3) is 0 Å². The van der Waals surface area contributed by atoms with Crippen molar-refractivity contribution < 1.29 is 4.79 Å². The molecule has 0 aromatic carbocycles. The summed E-state index contributed by atoms with van der Waals surface area (Å²) in [6, 6.07) is 0. The molecule has 0 spiro atoms. The predicted molar refractivity (Wildman–Crippen MR) is 85.3 cm³/mol. The molecule has 0 atom stereocenters. The second-order valence-corrected chi connectivity index (χ2v) is 7.69. The molecule has 118 valence electrons. The molecule has 1 heterocycles. The highest BCUT2D eigenvalue weighted by molar-refractivity contribution is 7.99. The van der Waals surface area contributed by atoms with Crippen molar-refractivity contribution in [3.63, 3.8) is 0 Å². The third kappa shape index (κ3) is 4.73. The zero-order chi connectivity index (χ0) is 15.3. The topological polar surface area (TPSA) is 59.8 Å². The van der Waals surface area contributed by atoms with Gasteiger partial charge in [-0.15, -0.1) is 10.2 Å². The van der Waals surface area contributed by atoms with Gasteiger partial charge in [-0.1, -0.05) is 24.6 Å². The number of amides is 1. The van der Waals surface area contributed by atoms with Crippen LogP contribution in [0.3, 0.4) is 0 Å². The van der Waals surface area contributed by atoms with Gasteiger partial charge in [0, 0.05) is 23.8 Å². The first kappa shape index (κ1) is 16.3. The molecule has 1 aromatic heterocycles. The Morgan fingerprint density at radius 3 is 2.81 bits per heavy atom. The Bertz CT molecular complexity index is 460. The Balaban J connectivity index is 1.66. The second-order valence-electron chi connectivity index (χ2n) is 6.63. The van der Waals surface area contributed by atoms with E-state index in [1.165, 1.54) is 12.8 Å². The van der Waals surface area contributed by atoms with Crippen molar-refractivity contribution in [2.75, 3.05) is 12.3 Å². The molecule has 21 heavy (non-hydrogen) atoms. The number of nitrogens with one attached hydrogen (secondary N) is 1. The molecule has 0 aliphatic heterocycles. The number of rotatable bonds is 6. The molecule has 0 radical (unpaired) electrons. The van der Waals surface area contributed by atoms with Crippen molar-refractivity contribution in [2.24, 2.45) is 5.92 Å². The number of hydrogen-bond acceptors (Lipinski definition) is 4. The van der Waals surface area contributed by atoms with Gasteiger partial charge >= 0.3 is 0 Å². The first-order valence-corrected chi connectivity index (χ1v) is 8.78. The molecule has 0 bridgehead atoms. The minimum Gasteiger partial charge on any atom is -0.356 e. The predicted octanol–water partition coefficient (Wildman–Crippen LogP) is 2.82. The SMILES string of the molecule is CC(C)(C)n1cnnc1SCCCNC(=O)C1CCCC1. The Kier molecular flexibility index (Phi) is 5.67. The van der Waals surface area contributed by atoms with E-state index in [-0.39, 0.29) is 17.4 Å². The standard InChI is InChI=1S/C15H26N4OS/c1-15(2,3)19-11-17-18-14(19)21-10-6-9-16-13(20)12-7-4-5-8-12/h11-12H,4-10H2,1-3H3,(H,16,20). The van der Waals surface area contributed by atoms with Crippen LogP contribution in [0.1, 0.15) is 52.9 Å². The molecule has 2 rings (SSSR count). The van der Waals surface area contributed by atoms with E-state index in [1.54, 1.807) is 18.1 Å². The minimum absolute atomic E-state index is 0.00250. The van der Waals surface area contributed by atoms with Gasteiger partial charge in [0.05, 0.1) is 0 Å². The number of nitrogens with zero attached hydrogens (tertiary/aromatic N) is 3. The van der Waals surface area contributed by atoms with Crippen LogP contribution in [0.5, 0.6) is 0 Å². The fourth-order valence-corrected chi connectivity index (χ4v) is 3.60. The lowest BCUT2D eigenvalue weighted by Gasteiger charge is -2.21. The van der Waals surface area contributed by atoms with E-state index < -0.39 is 0 Å². The monoisotopic (exact) mass is 310 g/mol. The van der Waals surface area contributed by atoms with Gasteiger partial charge < -0.3 is 9.88 Å². The first-order valence-electron chi connectivity index (χ1n) is 7.79. The van der Waals surface area contributed by atoms with Crippen molar-refractivity contribution in [1.29, 1.82) is 0 Å². The molecule has 1 amide bonds. The first-order chi connectivity index (χ1) is 9.98. The van der Waals surface area contributed by atoms with Crippen LogP contribution in [-0.4, -0.2) is 33.0 Å². The summed E-state index contributed by atoms with van der Waals surface area (Å²) in [4.78, 5) is 11.9. The summed E-state index contributed by atoms with van der Waals surface area (Å²) >= 11 is 1.70. The second kappa shape index (κ2) is 7.29. The number of thioether (sulfide) groups is 1. The lowest BCUT2D eigenvalue weighted by Crippen LogP contribution is -2.30. The van der Waals surface area contributed by atoms with Crippen molar-refractivity contribution in [2.45, 2.75) is 63.6 Å². The molecule has 5 nitrogen and oxygen atoms in total. The number of carbonyl (C=O) groups excluding carboxylic acids is 1. The fraction of sp³-hybridized carbons (Fsp3) is 0.800. The molecule has 1 aliphatic carbocycles. The van der Waals surface area contributed by atoms with Crippen LogP contribution in [0, 0.1) is 5.92 Å². The Labute approximate surface area is 131 Å². The minimum atomic E-state index is 0.00250. The van der Waals surface area contributed by atoms with E-state index in [0.717, 1.165) is 36.7 Å². The van der Waals surface area contributed by atoms with Crippen LogP contribution < -0.4 is 5.32 Å². The average molecular weight is 310 g/mol. The smallest absolute Gasteiger partial charge is 0.223 e. The fourth-order valence-electron chi connectivity index (χ4n) is 2.56. The molecule has 0 unspecified atom stereocenters. The summed E-state index contributed by atoms with van der Waals surface area (Å²) < 4.78 is 2.09. The van der Waals surface area contributed by atoms with Crippen molar-refractivity contribution in [3.8, 4) is 0 Å². The van der Waals surface area contributed by atoms with Gasteiger partial charge in [0.2, 0.25) is 5.91 Å². The van der Waals surface area contributed by atoms with Crippen LogP contribution in [0.15, 0.2) is 11.5 Å². The van der Waals surface area contributed by atoms with Crippen LogP contribution >= 0.6 is 11.8 Å². The lowest BCUT2D eigenvalue weighted by molar-refractivity contribution is -0.124. The van der Waals surface area contributed by atoms with E-state index in [0.29, 0.717) is 0 Å². The maximum Gasteiger partial charge on any atom is 0.223 e. The van der Waals surface area contributed by atoms with E-state index in [1.807, 2.05) is 0 Å². The maximum atomic E-state index is 11.9. The number of aromatic nitrogens is 3. The Morgan fingerprint density at radius 1 is 1.43 bits per heavy atom. The largest absolute Gasteiger partial charge is 0.356 e. The van der Waals surface area contributed by atoms with Gasteiger partial charge in [0.15, 0.2) is 5.16 Å². The quantitative estimate of drug-likeness (QED) is 0.648. The summed E-state index contributed by atoms with van der Waals surface area (Å²) in [5.41, 5.74) is 0.00250. The molecular weight excluding hydrogens is 284 g/mol. The van der Waals surface area contributed by atoms with E-state index in [4.69, 9.17) is 0 Å². The molecule has 1 aromatic rings. The average Bonchev–Trinajstić information content (AvgIpc) is 3.08. The van der Waals surface area contributed by atoms with E-state index in [2.05, 4.69) is 40.9 Å². The molecule has 1 saturated carbocycles. The number of hydrogen-bond donors (Lipinski definition) is 1. The van der Waals surface area contributed by atoms with E-state index >= 15 is 0 Å². The van der Waals surface area contributed by atoms with Gasteiger partial charge in [-0.3, -0.25) is 4.79 Å². The molecule has 1 N–H and O–H groups in total. The van der Waals surface area contributed by atoms with Gasteiger partial charge in [-0.2, -0.15) is 0 Å². The van der Waals surface area contributed by atoms with Gasteiger partial charge in [-0.25, -0.2) is 0 Å². The normalized spacial score (nSPS) is 16.3. The molecule has 6 heteroatoms. The Hall–Kier alpha value is -1.04. The summed E-state index contributed by atoms with van der Waals surface area (Å²) in [6.45, 7) is 7.18. The highest BCUT2D eigenvalue weighted by atomic mass is 32.2. The van der Waals surface area contributed by atoms with Gasteiger partial charge in [-0.05, 0) is 40.0 Å². The van der Waals surface area contributed by atoms with E-state index in [9.17, 15) is 4.79 Å². The zero-order valence-electron chi connectivity index (χ0n) is 13.3. The number of carbonyl (C=O) groups is 1. The highest BCUT2D eigenvalue weighted by Crippen LogP contribution is 2.25. The van der Waals surface area contributed by atoms with Gasteiger partial charge in [0.25, 0.3) is 0 Å². The van der Waals surface area contributed by atoms with Crippen molar-refractivity contribution >= 4 is 17.7 Å². The maximum absolute atomic E-state index is 11.9. The molecule has 0 saturated heterocycles. The van der Waals surface area contributed by atoms with Crippen LogP contribution in [-0.2, 0) is 10.3 Å². The van der Waals surface area contributed by atoms with Gasteiger partial charge in [0.1, 0.15) is 6.33 Å². The van der Waals surface area contributed by atoms with Crippen LogP contribution in [0.4, 0.5) is 0 Å². The third-order valence-electron chi connectivity index (χ3n) is 3.82. The highest BCUT2D eigenvalue weighted by Gasteiger charge is 2.22. The molecule has 1 aliphatic rings. The molecular formula is C15H26N4OS. The van der Waals surface area contributed by atoms with Crippen LogP contribution in [0.2, 0.25) is 0 Å². The summed E-state index contributed by atoms with van der Waals surface area (Å²) in [5, 5.41) is 12.2. The summed E-state index contributed by atoms with van der Waals surface area (Å²) in [5.74, 6) is 1.46.